The molecule has 5 heteroatoms. The van der Waals surface area contributed by atoms with Crippen molar-refractivity contribution >= 4 is 23.2 Å². The topological polar surface area (TPSA) is 68.0 Å². The van der Waals surface area contributed by atoms with Crippen LogP contribution in [0.15, 0.2) is 42.6 Å². The summed E-state index contributed by atoms with van der Waals surface area (Å²) in [5, 5.41) is 3.46. The van der Waals surface area contributed by atoms with Gasteiger partial charge in [0.25, 0.3) is 5.91 Å². The summed E-state index contributed by atoms with van der Waals surface area (Å²) in [5.41, 5.74) is 7.28. The van der Waals surface area contributed by atoms with Gasteiger partial charge < -0.3 is 11.1 Å². The molecule has 1 unspecified atom stereocenters. The van der Waals surface area contributed by atoms with Gasteiger partial charge in [0.05, 0.1) is 6.04 Å². The van der Waals surface area contributed by atoms with Crippen molar-refractivity contribution in [1.29, 1.82) is 0 Å². The molecule has 2 rings (SSSR count). The number of aromatic nitrogens is 1. The zero-order valence-corrected chi connectivity index (χ0v) is 11.2. The molecule has 0 spiro atoms. The third kappa shape index (κ3) is 3.23. The number of nitrogens with one attached hydrogen (secondary N) is 1. The van der Waals surface area contributed by atoms with Crippen molar-refractivity contribution in [3.8, 4) is 0 Å². The first kappa shape index (κ1) is 13.4. The molecule has 0 fully saturated rings. The molecular weight excluding hydrogens is 262 g/mol. The van der Waals surface area contributed by atoms with Crippen LogP contribution in [0.25, 0.3) is 0 Å². The Morgan fingerprint density at radius 3 is 2.79 bits per heavy atom. The lowest BCUT2D eigenvalue weighted by Crippen LogP contribution is -2.27. The highest BCUT2D eigenvalue weighted by Gasteiger charge is 2.14. The SMILES string of the molecule is CC(NC(=O)c1cc(N)ccn1)c1ccccc1Cl. The van der Waals surface area contributed by atoms with Crippen LogP contribution in [0.3, 0.4) is 0 Å². The summed E-state index contributed by atoms with van der Waals surface area (Å²) >= 11 is 6.09. The van der Waals surface area contributed by atoms with E-state index < -0.39 is 0 Å². The van der Waals surface area contributed by atoms with E-state index >= 15 is 0 Å². The minimum Gasteiger partial charge on any atom is -0.399 e. The molecule has 0 bridgehead atoms. The summed E-state index contributed by atoms with van der Waals surface area (Å²) in [6.45, 7) is 1.87. The molecule has 19 heavy (non-hydrogen) atoms. The van der Waals surface area contributed by atoms with E-state index in [4.69, 9.17) is 17.3 Å². The van der Waals surface area contributed by atoms with Gasteiger partial charge in [-0.1, -0.05) is 29.8 Å². The summed E-state index contributed by atoms with van der Waals surface area (Å²) < 4.78 is 0. The molecule has 4 nitrogen and oxygen atoms in total. The zero-order chi connectivity index (χ0) is 13.8. The number of hydrogen-bond donors (Lipinski definition) is 2. The molecule has 2 aromatic rings. The van der Waals surface area contributed by atoms with Crippen molar-refractivity contribution in [2.24, 2.45) is 0 Å². The second-order valence-electron chi connectivity index (χ2n) is 4.19. The van der Waals surface area contributed by atoms with Gasteiger partial charge in [-0.15, -0.1) is 0 Å². The second-order valence-corrected chi connectivity index (χ2v) is 4.60. The minimum atomic E-state index is -0.278. The summed E-state index contributed by atoms with van der Waals surface area (Å²) in [4.78, 5) is 16.0. The highest BCUT2D eigenvalue weighted by atomic mass is 35.5. The van der Waals surface area contributed by atoms with Crippen LogP contribution in [0.2, 0.25) is 5.02 Å². The average Bonchev–Trinajstić information content (AvgIpc) is 2.39. The zero-order valence-electron chi connectivity index (χ0n) is 10.4. The fraction of sp³-hybridized carbons (Fsp3) is 0.143. The fourth-order valence-electron chi connectivity index (χ4n) is 1.75. The quantitative estimate of drug-likeness (QED) is 0.905. The molecule has 1 aromatic heterocycles. The van der Waals surface area contributed by atoms with E-state index in [1.165, 1.54) is 12.3 Å². The van der Waals surface area contributed by atoms with Gasteiger partial charge in [-0.3, -0.25) is 9.78 Å². The normalized spacial score (nSPS) is 11.9. The number of nitrogens with zero attached hydrogens (tertiary/aromatic N) is 1. The Balaban J connectivity index is 2.13. The van der Waals surface area contributed by atoms with Crippen molar-refractivity contribution in [2.75, 3.05) is 5.73 Å². The maximum Gasteiger partial charge on any atom is 0.270 e. The summed E-state index contributed by atoms with van der Waals surface area (Å²) in [6.07, 6.45) is 1.50. The van der Waals surface area contributed by atoms with Gasteiger partial charge in [-0.25, -0.2) is 0 Å². The lowest BCUT2D eigenvalue weighted by atomic mass is 10.1. The molecule has 1 atom stereocenters. The number of carbonyl (C=O) groups is 1. The van der Waals surface area contributed by atoms with Gasteiger partial charge in [0.2, 0.25) is 0 Å². The Bertz CT molecular complexity index is 601. The van der Waals surface area contributed by atoms with E-state index in [9.17, 15) is 4.79 Å². The number of nitrogen functional groups attached to an aromatic ring is 1. The first-order chi connectivity index (χ1) is 9.08. The minimum absolute atomic E-state index is 0.204. The van der Waals surface area contributed by atoms with Crippen molar-refractivity contribution in [2.45, 2.75) is 13.0 Å². The number of pyridine rings is 1. The van der Waals surface area contributed by atoms with Crippen LogP contribution in [0.1, 0.15) is 29.0 Å². The van der Waals surface area contributed by atoms with E-state index in [-0.39, 0.29) is 11.9 Å². The third-order valence-corrected chi connectivity index (χ3v) is 3.08. The number of amides is 1. The average molecular weight is 276 g/mol. The van der Waals surface area contributed by atoms with Gasteiger partial charge in [0.1, 0.15) is 5.69 Å². The molecule has 0 aliphatic heterocycles. The van der Waals surface area contributed by atoms with Crippen LogP contribution < -0.4 is 11.1 Å². The van der Waals surface area contributed by atoms with Gasteiger partial charge in [-0.05, 0) is 30.7 Å². The predicted molar refractivity (Wildman–Crippen MR) is 76.0 cm³/mol. The van der Waals surface area contributed by atoms with Crippen molar-refractivity contribution in [1.82, 2.24) is 10.3 Å². The van der Waals surface area contributed by atoms with Crippen LogP contribution >= 0.6 is 11.6 Å². The summed E-state index contributed by atoms with van der Waals surface area (Å²) in [6, 6.07) is 10.4. The molecule has 98 valence electrons. The lowest BCUT2D eigenvalue weighted by molar-refractivity contribution is 0.0935. The van der Waals surface area contributed by atoms with Crippen LogP contribution in [0, 0.1) is 0 Å². The number of hydrogen-bond acceptors (Lipinski definition) is 3. The maximum atomic E-state index is 12.0. The summed E-state index contributed by atoms with van der Waals surface area (Å²) in [5.74, 6) is -0.278. The van der Waals surface area contributed by atoms with E-state index in [2.05, 4.69) is 10.3 Å². The maximum absolute atomic E-state index is 12.0. The number of carbonyl (C=O) groups excluding carboxylic acids is 1. The van der Waals surface area contributed by atoms with E-state index in [0.717, 1.165) is 5.56 Å². The number of anilines is 1. The van der Waals surface area contributed by atoms with Crippen LogP contribution in [0.4, 0.5) is 5.69 Å². The Hall–Kier alpha value is -2.07. The van der Waals surface area contributed by atoms with Crippen molar-refractivity contribution < 1.29 is 4.79 Å². The first-order valence-corrected chi connectivity index (χ1v) is 6.22. The second kappa shape index (κ2) is 5.71. The highest BCUT2D eigenvalue weighted by Crippen LogP contribution is 2.22. The molecule has 0 aliphatic rings. The summed E-state index contributed by atoms with van der Waals surface area (Å²) in [7, 11) is 0. The fourth-order valence-corrected chi connectivity index (χ4v) is 2.05. The van der Waals surface area contributed by atoms with Gasteiger partial charge in [0, 0.05) is 16.9 Å². The molecule has 0 saturated carbocycles. The molecule has 1 heterocycles. The molecule has 1 amide bonds. The third-order valence-electron chi connectivity index (χ3n) is 2.74. The van der Waals surface area contributed by atoms with E-state index in [0.29, 0.717) is 16.4 Å². The first-order valence-electron chi connectivity index (χ1n) is 5.84. The lowest BCUT2D eigenvalue weighted by Gasteiger charge is -2.15. The molecule has 0 aliphatic carbocycles. The van der Waals surface area contributed by atoms with E-state index in [1.807, 2.05) is 25.1 Å². The number of halogens is 1. The van der Waals surface area contributed by atoms with Gasteiger partial charge in [-0.2, -0.15) is 0 Å². The number of benzene rings is 1. The molecular formula is C14H14ClN3O. The Labute approximate surface area is 116 Å². The van der Waals surface area contributed by atoms with Crippen LogP contribution in [-0.2, 0) is 0 Å². The van der Waals surface area contributed by atoms with E-state index in [1.54, 1.807) is 12.1 Å². The number of rotatable bonds is 3. The molecule has 0 radical (unpaired) electrons. The van der Waals surface area contributed by atoms with Crippen LogP contribution in [0.5, 0.6) is 0 Å². The molecule has 1 aromatic carbocycles. The van der Waals surface area contributed by atoms with Crippen molar-refractivity contribution in [3.63, 3.8) is 0 Å². The Kier molecular flexibility index (Phi) is 4.02. The smallest absolute Gasteiger partial charge is 0.270 e. The largest absolute Gasteiger partial charge is 0.399 e. The Morgan fingerprint density at radius 1 is 1.37 bits per heavy atom. The monoisotopic (exact) mass is 275 g/mol. The standard InChI is InChI=1S/C14H14ClN3O/c1-9(11-4-2-3-5-12(11)15)18-14(19)13-8-10(16)6-7-17-13/h2-9H,1H3,(H2,16,17)(H,18,19). The van der Waals surface area contributed by atoms with Gasteiger partial charge in [0.15, 0.2) is 0 Å². The highest BCUT2D eigenvalue weighted by molar-refractivity contribution is 6.31. The van der Waals surface area contributed by atoms with Crippen molar-refractivity contribution in [3.05, 3.63) is 58.9 Å². The van der Waals surface area contributed by atoms with Gasteiger partial charge >= 0.3 is 0 Å². The molecule has 3 N–H and O–H groups in total. The number of nitrogens with two attached hydrogens (primary N) is 1. The predicted octanol–water partition coefficient (Wildman–Crippen LogP) is 2.81. The van der Waals surface area contributed by atoms with Crippen LogP contribution in [-0.4, -0.2) is 10.9 Å². The Morgan fingerprint density at radius 2 is 2.11 bits per heavy atom. The molecule has 0 saturated heterocycles.